The minimum absolute atomic E-state index is 0.287. The van der Waals surface area contributed by atoms with Crippen molar-refractivity contribution in [2.45, 2.75) is 6.42 Å². The molecular formula is C10H6BrNO2S2. The van der Waals surface area contributed by atoms with E-state index < -0.39 is 11.9 Å². The van der Waals surface area contributed by atoms with E-state index in [1.165, 1.54) is 0 Å². The highest BCUT2D eigenvalue weighted by molar-refractivity contribution is 9.11. The third-order valence-corrected chi connectivity index (χ3v) is 4.91. The summed E-state index contributed by atoms with van der Waals surface area (Å²) < 4.78 is 3.33. The van der Waals surface area contributed by atoms with E-state index in [1.54, 1.807) is 28.7 Å². The number of thiophene rings is 2. The molecule has 1 N–H and O–H groups in total. The maximum Gasteiger partial charge on any atom is 0.321 e. The van der Waals surface area contributed by atoms with Crippen LogP contribution in [0, 0.1) is 17.2 Å². The van der Waals surface area contributed by atoms with Gasteiger partial charge >= 0.3 is 5.97 Å². The maximum absolute atomic E-state index is 10.7. The Hall–Kier alpha value is -0.900. The summed E-state index contributed by atoms with van der Waals surface area (Å²) in [6.07, 6.45) is 0.287. The Kier molecular flexibility index (Phi) is 3.28. The zero-order chi connectivity index (χ0) is 11.7. The minimum Gasteiger partial charge on any atom is -0.480 e. The van der Waals surface area contributed by atoms with Gasteiger partial charge in [0.25, 0.3) is 0 Å². The number of halogens is 1. The lowest BCUT2D eigenvalue weighted by Crippen LogP contribution is -2.13. The van der Waals surface area contributed by atoms with Gasteiger partial charge < -0.3 is 5.11 Å². The molecule has 0 aromatic carbocycles. The van der Waals surface area contributed by atoms with Gasteiger partial charge in [-0.15, -0.1) is 22.7 Å². The molecule has 0 fully saturated rings. The lowest BCUT2D eigenvalue weighted by Gasteiger charge is -1.99. The lowest BCUT2D eigenvalue weighted by atomic mass is 10.1. The van der Waals surface area contributed by atoms with Crippen molar-refractivity contribution >= 4 is 54.0 Å². The number of carboxylic acids is 1. The van der Waals surface area contributed by atoms with Crippen molar-refractivity contribution in [2.24, 2.45) is 5.92 Å². The standard InChI is InChI=1S/C10H6BrNO2S2/c11-9-3-8-7(16-9)2-6(15-8)1-5(4-12)10(13)14/h2-3,5H,1H2,(H,13,14)/t5-/m0/s1. The van der Waals surface area contributed by atoms with E-state index >= 15 is 0 Å². The van der Waals surface area contributed by atoms with Crippen LogP contribution in [0.15, 0.2) is 15.9 Å². The van der Waals surface area contributed by atoms with Crippen molar-refractivity contribution in [3.05, 3.63) is 20.8 Å². The highest BCUT2D eigenvalue weighted by Gasteiger charge is 2.18. The molecule has 0 spiro atoms. The van der Waals surface area contributed by atoms with Crippen LogP contribution in [0.3, 0.4) is 0 Å². The van der Waals surface area contributed by atoms with Crippen molar-refractivity contribution in [3.8, 4) is 6.07 Å². The van der Waals surface area contributed by atoms with Crippen LogP contribution in [0.2, 0.25) is 0 Å². The Labute approximate surface area is 108 Å². The number of hydrogen-bond acceptors (Lipinski definition) is 4. The van der Waals surface area contributed by atoms with E-state index in [-0.39, 0.29) is 6.42 Å². The van der Waals surface area contributed by atoms with Gasteiger partial charge in [0.05, 0.1) is 9.86 Å². The highest BCUT2D eigenvalue weighted by Crippen LogP contribution is 2.36. The van der Waals surface area contributed by atoms with Gasteiger partial charge in [0, 0.05) is 20.7 Å². The quantitative estimate of drug-likeness (QED) is 0.943. The number of carboxylic acid groups (broad SMARTS) is 1. The summed E-state index contributed by atoms with van der Waals surface area (Å²) in [5, 5.41) is 17.5. The molecule has 0 aliphatic heterocycles. The van der Waals surface area contributed by atoms with E-state index in [2.05, 4.69) is 15.9 Å². The summed E-state index contributed by atoms with van der Waals surface area (Å²) in [5.74, 6) is -2.00. The average molecular weight is 316 g/mol. The third kappa shape index (κ3) is 2.26. The zero-order valence-corrected chi connectivity index (χ0v) is 11.2. The Balaban J connectivity index is 2.25. The monoisotopic (exact) mass is 315 g/mol. The maximum atomic E-state index is 10.7. The van der Waals surface area contributed by atoms with Crippen LogP contribution < -0.4 is 0 Å². The number of nitriles is 1. The second kappa shape index (κ2) is 4.53. The molecule has 6 heteroatoms. The fourth-order valence-corrected chi connectivity index (χ4v) is 4.44. The number of fused-ring (bicyclic) bond motifs is 1. The summed E-state index contributed by atoms with van der Waals surface area (Å²) in [7, 11) is 0. The SMILES string of the molecule is N#C[C@H](Cc1cc2sc(Br)cc2s1)C(=O)O. The predicted molar refractivity (Wildman–Crippen MR) is 67.8 cm³/mol. The van der Waals surface area contributed by atoms with Crippen LogP contribution in [0.4, 0.5) is 0 Å². The molecule has 3 nitrogen and oxygen atoms in total. The fraction of sp³-hybridized carbons (Fsp3) is 0.200. The summed E-state index contributed by atoms with van der Waals surface area (Å²) in [4.78, 5) is 11.7. The summed E-state index contributed by atoms with van der Waals surface area (Å²) in [5.41, 5.74) is 0. The van der Waals surface area contributed by atoms with Crippen molar-refractivity contribution in [1.29, 1.82) is 5.26 Å². The van der Waals surface area contributed by atoms with Gasteiger partial charge in [-0.05, 0) is 28.1 Å². The van der Waals surface area contributed by atoms with Crippen LogP contribution in [0.25, 0.3) is 9.40 Å². The molecule has 0 saturated heterocycles. The molecule has 2 aromatic heterocycles. The lowest BCUT2D eigenvalue weighted by molar-refractivity contribution is -0.139. The average Bonchev–Trinajstić information content (AvgIpc) is 2.70. The predicted octanol–water partition coefficient (Wildman–Crippen LogP) is 3.49. The second-order valence-corrected chi connectivity index (χ2v) is 6.85. The van der Waals surface area contributed by atoms with Crippen LogP contribution in [0.5, 0.6) is 0 Å². The minimum atomic E-state index is -1.06. The number of carbonyl (C=O) groups is 1. The van der Waals surface area contributed by atoms with Gasteiger partial charge in [0.15, 0.2) is 0 Å². The summed E-state index contributed by atoms with van der Waals surface area (Å²) in [6.45, 7) is 0. The van der Waals surface area contributed by atoms with Gasteiger partial charge in [-0.2, -0.15) is 5.26 Å². The summed E-state index contributed by atoms with van der Waals surface area (Å²) in [6, 6.07) is 5.77. The Morgan fingerprint density at radius 3 is 2.75 bits per heavy atom. The molecule has 2 aromatic rings. The van der Waals surface area contributed by atoms with Crippen LogP contribution in [0.1, 0.15) is 4.88 Å². The van der Waals surface area contributed by atoms with E-state index in [4.69, 9.17) is 10.4 Å². The van der Waals surface area contributed by atoms with Crippen LogP contribution >= 0.6 is 38.6 Å². The normalized spacial score (nSPS) is 12.5. The first-order chi connectivity index (χ1) is 7.60. The Bertz CT molecular complexity index is 550. The van der Waals surface area contributed by atoms with Gasteiger partial charge in [-0.1, -0.05) is 0 Å². The van der Waals surface area contributed by atoms with Gasteiger partial charge in [-0.25, -0.2) is 0 Å². The third-order valence-electron chi connectivity index (χ3n) is 2.09. The van der Waals surface area contributed by atoms with Gasteiger partial charge in [-0.3, -0.25) is 4.79 Å². The van der Waals surface area contributed by atoms with E-state index in [9.17, 15) is 4.79 Å². The molecule has 2 rings (SSSR count). The second-order valence-electron chi connectivity index (χ2n) is 3.22. The van der Waals surface area contributed by atoms with E-state index in [1.807, 2.05) is 12.1 Å². The molecule has 0 aliphatic carbocycles. The van der Waals surface area contributed by atoms with E-state index in [0.29, 0.717) is 0 Å². The smallest absolute Gasteiger partial charge is 0.321 e. The zero-order valence-electron chi connectivity index (χ0n) is 7.94. The van der Waals surface area contributed by atoms with Crippen molar-refractivity contribution in [2.75, 3.05) is 0 Å². The first-order valence-electron chi connectivity index (χ1n) is 4.40. The number of nitrogens with zero attached hydrogens (tertiary/aromatic N) is 1. The Morgan fingerprint density at radius 1 is 1.50 bits per heavy atom. The van der Waals surface area contributed by atoms with Crippen molar-refractivity contribution in [1.82, 2.24) is 0 Å². The largest absolute Gasteiger partial charge is 0.480 e. The number of hydrogen-bond donors (Lipinski definition) is 1. The first kappa shape index (κ1) is 11.6. The molecule has 0 amide bonds. The number of aliphatic carboxylic acids is 1. The molecule has 16 heavy (non-hydrogen) atoms. The van der Waals surface area contributed by atoms with Crippen molar-refractivity contribution < 1.29 is 9.90 Å². The van der Waals surface area contributed by atoms with Gasteiger partial charge in [0.1, 0.15) is 5.92 Å². The summed E-state index contributed by atoms with van der Waals surface area (Å²) >= 11 is 6.55. The molecule has 0 bridgehead atoms. The first-order valence-corrected chi connectivity index (χ1v) is 6.83. The number of rotatable bonds is 3. The van der Waals surface area contributed by atoms with Crippen LogP contribution in [-0.2, 0) is 11.2 Å². The van der Waals surface area contributed by atoms with Crippen molar-refractivity contribution in [3.63, 3.8) is 0 Å². The molecule has 82 valence electrons. The molecule has 0 aliphatic rings. The molecule has 2 heterocycles. The molecule has 0 radical (unpaired) electrons. The van der Waals surface area contributed by atoms with Gasteiger partial charge in [0.2, 0.25) is 0 Å². The Morgan fingerprint density at radius 2 is 2.19 bits per heavy atom. The van der Waals surface area contributed by atoms with E-state index in [0.717, 1.165) is 18.1 Å². The molecule has 0 unspecified atom stereocenters. The van der Waals surface area contributed by atoms with Crippen LogP contribution in [-0.4, -0.2) is 11.1 Å². The fourth-order valence-electron chi connectivity index (χ4n) is 1.35. The molecule has 1 atom stereocenters. The highest BCUT2D eigenvalue weighted by atomic mass is 79.9. The topological polar surface area (TPSA) is 61.1 Å². The molecule has 0 saturated carbocycles. The molecular weight excluding hydrogens is 310 g/mol.